The number of benzene rings is 1. The minimum atomic E-state index is -0.302. The quantitative estimate of drug-likeness (QED) is 0.650. The highest BCUT2D eigenvalue weighted by molar-refractivity contribution is 5.77. The van der Waals surface area contributed by atoms with Crippen LogP contribution in [0.1, 0.15) is 6.92 Å². The molecule has 3 nitrogen and oxygen atoms in total. The second-order valence-corrected chi connectivity index (χ2v) is 3.63. The molecule has 0 aliphatic carbocycles. The molecule has 0 aromatic heterocycles. The Labute approximate surface area is 77.3 Å². The number of para-hydroxylation sites is 2. The van der Waals surface area contributed by atoms with E-state index in [0.717, 1.165) is 13.2 Å². The van der Waals surface area contributed by atoms with Crippen molar-refractivity contribution in [2.45, 2.75) is 12.8 Å². The summed E-state index contributed by atoms with van der Waals surface area (Å²) in [4.78, 5) is 2.27. The van der Waals surface area contributed by atoms with Gasteiger partial charge in [0.25, 0.3) is 0 Å². The molecule has 2 heterocycles. The largest absolute Gasteiger partial charge is 0.339 e. The van der Waals surface area contributed by atoms with Gasteiger partial charge >= 0.3 is 0 Å². The van der Waals surface area contributed by atoms with Crippen LogP contribution in [0.5, 0.6) is 0 Å². The van der Waals surface area contributed by atoms with Gasteiger partial charge in [0, 0.05) is 13.5 Å². The van der Waals surface area contributed by atoms with Crippen molar-refractivity contribution < 1.29 is 4.74 Å². The van der Waals surface area contributed by atoms with Crippen LogP contribution in [0.3, 0.4) is 0 Å². The highest BCUT2D eigenvalue weighted by atomic mass is 16.5. The number of hydrogen-bond acceptors (Lipinski definition) is 3. The minimum Gasteiger partial charge on any atom is -0.339 e. The monoisotopic (exact) mass is 176 g/mol. The van der Waals surface area contributed by atoms with Crippen LogP contribution in [0.25, 0.3) is 0 Å². The van der Waals surface area contributed by atoms with Crippen LogP contribution in [-0.2, 0) is 4.74 Å². The molecular weight excluding hydrogens is 164 g/mol. The summed E-state index contributed by atoms with van der Waals surface area (Å²) >= 11 is 0. The molecule has 2 aliphatic rings. The molecule has 1 aromatic rings. The van der Waals surface area contributed by atoms with Crippen molar-refractivity contribution >= 4 is 11.4 Å². The summed E-state index contributed by atoms with van der Waals surface area (Å²) in [6.45, 7) is 3.85. The number of nitrogens with zero attached hydrogens (tertiary/aromatic N) is 1. The first-order chi connectivity index (χ1) is 6.30. The number of rotatable bonds is 0. The first-order valence-electron chi connectivity index (χ1n) is 4.58. The van der Waals surface area contributed by atoms with E-state index in [1.54, 1.807) is 0 Å². The highest BCUT2D eigenvalue weighted by Gasteiger charge is 2.43. The lowest BCUT2D eigenvalue weighted by molar-refractivity contribution is 0.0502. The van der Waals surface area contributed by atoms with Crippen LogP contribution < -0.4 is 10.2 Å². The molecule has 13 heavy (non-hydrogen) atoms. The zero-order valence-electron chi connectivity index (χ0n) is 7.58. The molecule has 3 rings (SSSR count). The van der Waals surface area contributed by atoms with E-state index < -0.39 is 0 Å². The summed E-state index contributed by atoms with van der Waals surface area (Å²) in [7, 11) is 0. The van der Waals surface area contributed by atoms with Crippen molar-refractivity contribution in [1.29, 1.82) is 0 Å². The molecule has 0 spiro atoms. The van der Waals surface area contributed by atoms with Gasteiger partial charge in [-0.1, -0.05) is 12.1 Å². The molecule has 2 aliphatic heterocycles. The van der Waals surface area contributed by atoms with Gasteiger partial charge in [0.2, 0.25) is 5.85 Å². The van der Waals surface area contributed by atoms with Gasteiger partial charge in [-0.15, -0.1) is 0 Å². The highest BCUT2D eigenvalue weighted by Crippen LogP contribution is 2.42. The molecule has 1 aromatic carbocycles. The fourth-order valence-electron chi connectivity index (χ4n) is 2.15. The zero-order valence-corrected chi connectivity index (χ0v) is 7.58. The van der Waals surface area contributed by atoms with Crippen LogP contribution in [-0.4, -0.2) is 19.0 Å². The Morgan fingerprint density at radius 2 is 2.31 bits per heavy atom. The fourth-order valence-corrected chi connectivity index (χ4v) is 2.15. The molecular formula is C10H12N2O. The number of anilines is 2. The Bertz CT molecular complexity index is 353. The van der Waals surface area contributed by atoms with Crippen molar-refractivity contribution in [3.63, 3.8) is 0 Å². The van der Waals surface area contributed by atoms with Gasteiger partial charge in [0.1, 0.15) is 0 Å². The SMILES string of the molecule is CC12Nc3ccccc3N1CCO2. The van der Waals surface area contributed by atoms with E-state index in [-0.39, 0.29) is 5.85 Å². The molecule has 0 radical (unpaired) electrons. The van der Waals surface area contributed by atoms with E-state index in [9.17, 15) is 0 Å². The van der Waals surface area contributed by atoms with E-state index in [1.165, 1.54) is 11.4 Å². The zero-order chi connectivity index (χ0) is 8.89. The van der Waals surface area contributed by atoms with Gasteiger partial charge in [-0.3, -0.25) is 0 Å². The normalized spacial score (nSPS) is 29.8. The number of hydrogen-bond donors (Lipinski definition) is 1. The maximum atomic E-state index is 5.66. The summed E-state index contributed by atoms with van der Waals surface area (Å²) < 4.78 is 5.66. The van der Waals surface area contributed by atoms with Crippen molar-refractivity contribution in [3.8, 4) is 0 Å². The van der Waals surface area contributed by atoms with Gasteiger partial charge in [0.05, 0.1) is 18.0 Å². The minimum absolute atomic E-state index is 0.302. The van der Waals surface area contributed by atoms with Crippen LogP contribution in [0.15, 0.2) is 24.3 Å². The van der Waals surface area contributed by atoms with Gasteiger partial charge in [-0.25, -0.2) is 0 Å². The summed E-state index contributed by atoms with van der Waals surface area (Å²) in [5.74, 6) is -0.302. The Morgan fingerprint density at radius 1 is 1.46 bits per heavy atom. The van der Waals surface area contributed by atoms with E-state index in [2.05, 4.69) is 35.3 Å². The summed E-state index contributed by atoms with van der Waals surface area (Å²) in [5, 5.41) is 3.38. The predicted octanol–water partition coefficient (Wildman–Crippen LogP) is 1.62. The lowest BCUT2D eigenvalue weighted by Gasteiger charge is -2.27. The average Bonchev–Trinajstić information content (AvgIpc) is 2.58. The third-order valence-corrected chi connectivity index (χ3v) is 2.77. The summed E-state index contributed by atoms with van der Waals surface area (Å²) in [6.07, 6.45) is 0. The molecule has 0 bridgehead atoms. The standard InChI is InChI=1S/C10H12N2O/c1-10-11-8-4-2-3-5-9(8)12(10)6-7-13-10/h2-5,11H,6-7H2,1H3. The maximum Gasteiger partial charge on any atom is 0.216 e. The van der Waals surface area contributed by atoms with Crippen LogP contribution in [0.2, 0.25) is 0 Å². The molecule has 1 unspecified atom stereocenters. The molecule has 1 N–H and O–H groups in total. The van der Waals surface area contributed by atoms with Crippen molar-refractivity contribution in [2.75, 3.05) is 23.4 Å². The van der Waals surface area contributed by atoms with E-state index >= 15 is 0 Å². The maximum absolute atomic E-state index is 5.66. The van der Waals surface area contributed by atoms with Crippen LogP contribution in [0, 0.1) is 0 Å². The van der Waals surface area contributed by atoms with E-state index in [0.29, 0.717) is 0 Å². The number of ether oxygens (including phenoxy) is 1. The Morgan fingerprint density at radius 3 is 3.23 bits per heavy atom. The topological polar surface area (TPSA) is 24.5 Å². The van der Waals surface area contributed by atoms with Gasteiger partial charge in [-0.2, -0.15) is 0 Å². The van der Waals surface area contributed by atoms with Crippen molar-refractivity contribution in [1.82, 2.24) is 0 Å². The first-order valence-corrected chi connectivity index (χ1v) is 4.58. The molecule has 0 amide bonds. The Balaban J connectivity index is 2.13. The van der Waals surface area contributed by atoms with Gasteiger partial charge in [-0.05, 0) is 12.1 Å². The van der Waals surface area contributed by atoms with Crippen molar-refractivity contribution in [2.24, 2.45) is 0 Å². The lowest BCUT2D eigenvalue weighted by atomic mass is 10.3. The number of fused-ring (bicyclic) bond motifs is 3. The Kier molecular flexibility index (Phi) is 1.21. The smallest absolute Gasteiger partial charge is 0.216 e. The second kappa shape index (κ2) is 2.17. The van der Waals surface area contributed by atoms with E-state index in [1.807, 2.05) is 6.07 Å². The third kappa shape index (κ3) is 0.823. The first kappa shape index (κ1) is 7.21. The molecule has 1 fully saturated rings. The van der Waals surface area contributed by atoms with E-state index in [4.69, 9.17) is 4.74 Å². The molecule has 1 atom stereocenters. The molecule has 3 heteroatoms. The molecule has 68 valence electrons. The fraction of sp³-hybridized carbons (Fsp3) is 0.400. The predicted molar refractivity (Wildman–Crippen MR) is 51.8 cm³/mol. The lowest BCUT2D eigenvalue weighted by Crippen LogP contribution is -2.44. The van der Waals surface area contributed by atoms with Crippen molar-refractivity contribution in [3.05, 3.63) is 24.3 Å². The van der Waals surface area contributed by atoms with Gasteiger partial charge < -0.3 is 15.0 Å². The van der Waals surface area contributed by atoms with Crippen LogP contribution in [0.4, 0.5) is 11.4 Å². The molecule has 1 saturated heterocycles. The summed E-state index contributed by atoms with van der Waals surface area (Å²) in [6, 6.07) is 8.31. The second-order valence-electron chi connectivity index (χ2n) is 3.63. The summed E-state index contributed by atoms with van der Waals surface area (Å²) in [5.41, 5.74) is 2.42. The van der Waals surface area contributed by atoms with Gasteiger partial charge in [0.15, 0.2) is 0 Å². The average molecular weight is 176 g/mol. The molecule has 0 saturated carbocycles. The van der Waals surface area contributed by atoms with Crippen LogP contribution >= 0.6 is 0 Å². The Hall–Kier alpha value is -1.22. The third-order valence-electron chi connectivity index (χ3n) is 2.77. The number of nitrogens with one attached hydrogen (secondary N) is 1.